The number of hydrogen-bond donors (Lipinski definition) is 1. The minimum absolute atomic E-state index is 0.149. The molecular formula is C27H23ClN4O2. The Balaban J connectivity index is 1.84. The topological polar surface area (TPSA) is 72.9 Å². The Bertz CT molecular complexity index is 1590. The fourth-order valence-electron chi connectivity index (χ4n) is 4.43. The molecule has 0 aliphatic carbocycles. The number of aryl methyl sites for hydroxylation is 3. The molecule has 0 aliphatic heterocycles. The number of aliphatic hydroxyl groups is 1. The zero-order valence-electron chi connectivity index (χ0n) is 19.0. The van der Waals surface area contributed by atoms with Gasteiger partial charge >= 0.3 is 0 Å². The summed E-state index contributed by atoms with van der Waals surface area (Å²) in [5.41, 5.74) is 3.37. The van der Waals surface area contributed by atoms with E-state index in [1.807, 2.05) is 44.3 Å². The summed E-state index contributed by atoms with van der Waals surface area (Å²) < 4.78 is 3.30. The maximum atomic E-state index is 12.7. The van der Waals surface area contributed by atoms with Gasteiger partial charge in [-0.05, 0) is 41.8 Å². The predicted molar refractivity (Wildman–Crippen MR) is 134 cm³/mol. The van der Waals surface area contributed by atoms with E-state index in [0.29, 0.717) is 27.5 Å². The number of fused-ring (bicyclic) bond motifs is 1. The summed E-state index contributed by atoms with van der Waals surface area (Å²) in [6.45, 7) is 2.01. The zero-order chi connectivity index (χ0) is 24.0. The first-order valence-electron chi connectivity index (χ1n) is 10.8. The van der Waals surface area contributed by atoms with E-state index < -0.39 is 5.60 Å². The van der Waals surface area contributed by atoms with E-state index in [9.17, 15) is 9.90 Å². The molecule has 1 N–H and O–H groups in total. The molecule has 7 heteroatoms. The lowest BCUT2D eigenvalue weighted by atomic mass is 9.83. The van der Waals surface area contributed by atoms with Gasteiger partial charge in [0.15, 0.2) is 5.60 Å². The van der Waals surface area contributed by atoms with Crippen LogP contribution in [0.5, 0.6) is 0 Å². The van der Waals surface area contributed by atoms with Gasteiger partial charge in [-0.2, -0.15) is 0 Å². The summed E-state index contributed by atoms with van der Waals surface area (Å²) in [4.78, 5) is 21.6. The smallest absolute Gasteiger partial charge is 0.252 e. The van der Waals surface area contributed by atoms with Gasteiger partial charge in [-0.1, -0.05) is 53.6 Å². The third-order valence-corrected chi connectivity index (χ3v) is 6.52. The molecule has 0 amide bonds. The minimum atomic E-state index is -1.55. The van der Waals surface area contributed by atoms with Crippen LogP contribution in [-0.4, -0.2) is 24.2 Å². The molecule has 5 aromatic rings. The maximum Gasteiger partial charge on any atom is 0.252 e. The molecule has 34 heavy (non-hydrogen) atoms. The van der Waals surface area contributed by atoms with E-state index in [1.165, 1.54) is 4.57 Å². The van der Waals surface area contributed by atoms with Crippen molar-refractivity contribution in [2.24, 2.45) is 14.1 Å². The molecule has 6 nitrogen and oxygen atoms in total. The highest BCUT2D eigenvalue weighted by atomic mass is 35.5. The lowest BCUT2D eigenvalue weighted by molar-refractivity contribution is 0.117. The van der Waals surface area contributed by atoms with Gasteiger partial charge in [0.25, 0.3) is 5.56 Å². The predicted octanol–water partition coefficient (Wildman–Crippen LogP) is 4.58. The first-order chi connectivity index (χ1) is 16.3. The number of nitrogens with zero attached hydrogens (tertiary/aromatic N) is 4. The van der Waals surface area contributed by atoms with Crippen molar-refractivity contribution < 1.29 is 5.11 Å². The molecule has 1 atom stereocenters. The second-order valence-electron chi connectivity index (χ2n) is 8.53. The van der Waals surface area contributed by atoms with Crippen LogP contribution in [-0.2, 0) is 19.7 Å². The van der Waals surface area contributed by atoms with Crippen LogP contribution in [0.2, 0.25) is 5.02 Å². The first-order valence-corrected chi connectivity index (χ1v) is 11.2. The van der Waals surface area contributed by atoms with Crippen molar-refractivity contribution >= 4 is 22.6 Å². The zero-order valence-corrected chi connectivity index (χ0v) is 19.8. The molecule has 0 saturated heterocycles. The van der Waals surface area contributed by atoms with Gasteiger partial charge in [-0.25, -0.2) is 9.97 Å². The highest BCUT2D eigenvalue weighted by Crippen LogP contribution is 2.38. The van der Waals surface area contributed by atoms with Crippen LogP contribution in [0, 0.1) is 6.92 Å². The van der Waals surface area contributed by atoms with Crippen LogP contribution < -0.4 is 5.56 Å². The van der Waals surface area contributed by atoms with Gasteiger partial charge < -0.3 is 9.67 Å². The summed E-state index contributed by atoms with van der Waals surface area (Å²) >= 11 is 6.13. The van der Waals surface area contributed by atoms with Crippen molar-refractivity contribution in [1.82, 2.24) is 19.1 Å². The molecule has 0 radical (unpaired) electrons. The van der Waals surface area contributed by atoms with E-state index in [0.717, 1.165) is 22.1 Å². The number of hydrogen-bond acceptors (Lipinski definition) is 4. The van der Waals surface area contributed by atoms with Crippen LogP contribution in [0.3, 0.4) is 0 Å². The first kappa shape index (κ1) is 22.1. The van der Waals surface area contributed by atoms with Crippen LogP contribution in [0.4, 0.5) is 0 Å². The SMILES string of the molecule is Cc1cccc(-c2cc(=O)n(C)c3ncc([C@](O)(c4ccc(Cl)cc4)c4cncn4C)cc23)c1. The van der Waals surface area contributed by atoms with Crippen molar-refractivity contribution in [3.8, 4) is 11.1 Å². The van der Waals surface area contributed by atoms with Crippen molar-refractivity contribution in [2.75, 3.05) is 0 Å². The standard InChI is InChI=1S/C27H23ClN4O2/c1-17-5-4-6-18(11-17)22-13-25(33)32(3)26-23(22)12-20(14-30-26)27(34,24-15-29-16-31(24)2)19-7-9-21(28)10-8-19/h4-16,34H,1-3H3/t27-/m1/s1. The number of rotatable bonds is 4. The minimum Gasteiger partial charge on any atom is -0.374 e. The Morgan fingerprint density at radius 1 is 0.971 bits per heavy atom. The van der Waals surface area contributed by atoms with E-state index in [1.54, 1.807) is 60.7 Å². The average Bonchev–Trinajstić information content (AvgIpc) is 3.27. The molecule has 2 aromatic carbocycles. The van der Waals surface area contributed by atoms with Gasteiger partial charge in [0, 0.05) is 42.3 Å². The van der Waals surface area contributed by atoms with E-state index in [-0.39, 0.29) is 5.56 Å². The Labute approximate surface area is 201 Å². The summed E-state index contributed by atoms with van der Waals surface area (Å²) in [5, 5.41) is 13.6. The normalized spacial score (nSPS) is 13.2. The summed E-state index contributed by atoms with van der Waals surface area (Å²) in [6.07, 6.45) is 4.90. The molecule has 5 rings (SSSR count). The molecule has 3 heterocycles. The number of aromatic nitrogens is 4. The third-order valence-electron chi connectivity index (χ3n) is 6.27. The van der Waals surface area contributed by atoms with Crippen LogP contribution >= 0.6 is 11.6 Å². The largest absolute Gasteiger partial charge is 0.374 e. The number of benzene rings is 2. The van der Waals surface area contributed by atoms with E-state index >= 15 is 0 Å². The molecule has 0 aliphatic rings. The Hall–Kier alpha value is -3.74. The van der Waals surface area contributed by atoms with Gasteiger partial charge in [-0.3, -0.25) is 9.36 Å². The monoisotopic (exact) mass is 470 g/mol. The Morgan fingerprint density at radius 2 is 1.74 bits per heavy atom. The van der Waals surface area contributed by atoms with Gasteiger partial charge in [0.2, 0.25) is 0 Å². The highest BCUT2D eigenvalue weighted by molar-refractivity contribution is 6.30. The van der Waals surface area contributed by atoms with Crippen molar-refractivity contribution in [3.05, 3.63) is 117 Å². The molecule has 0 saturated carbocycles. The molecule has 0 spiro atoms. The highest BCUT2D eigenvalue weighted by Gasteiger charge is 2.37. The number of imidazole rings is 1. The molecule has 170 valence electrons. The lowest BCUT2D eigenvalue weighted by Crippen LogP contribution is -2.31. The Kier molecular flexibility index (Phi) is 5.35. The molecule has 3 aromatic heterocycles. The quantitative estimate of drug-likeness (QED) is 0.417. The summed E-state index contributed by atoms with van der Waals surface area (Å²) in [7, 11) is 3.53. The van der Waals surface area contributed by atoms with E-state index in [4.69, 9.17) is 11.6 Å². The molecule has 0 bridgehead atoms. The summed E-state index contributed by atoms with van der Waals surface area (Å²) in [6, 6.07) is 18.6. The Morgan fingerprint density at radius 3 is 2.41 bits per heavy atom. The van der Waals surface area contributed by atoms with Crippen LogP contribution in [0.1, 0.15) is 22.4 Å². The fourth-order valence-corrected chi connectivity index (χ4v) is 4.56. The fraction of sp³-hybridized carbons (Fsp3) is 0.148. The lowest BCUT2D eigenvalue weighted by Gasteiger charge is -2.30. The molecule has 0 fully saturated rings. The van der Waals surface area contributed by atoms with Crippen LogP contribution in [0.15, 0.2) is 84.2 Å². The van der Waals surface area contributed by atoms with E-state index in [2.05, 4.69) is 9.97 Å². The average molecular weight is 471 g/mol. The number of pyridine rings is 2. The summed E-state index contributed by atoms with van der Waals surface area (Å²) in [5.74, 6) is 0. The van der Waals surface area contributed by atoms with Crippen molar-refractivity contribution in [2.45, 2.75) is 12.5 Å². The van der Waals surface area contributed by atoms with Gasteiger partial charge in [0.1, 0.15) is 5.65 Å². The maximum absolute atomic E-state index is 12.7. The molecule has 0 unspecified atom stereocenters. The molecular weight excluding hydrogens is 448 g/mol. The third kappa shape index (κ3) is 3.52. The van der Waals surface area contributed by atoms with Gasteiger partial charge in [0.05, 0.1) is 18.2 Å². The second-order valence-corrected chi connectivity index (χ2v) is 8.96. The van der Waals surface area contributed by atoms with Crippen LogP contribution in [0.25, 0.3) is 22.2 Å². The van der Waals surface area contributed by atoms with Gasteiger partial charge in [-0.15, -0.1) is 0 Å². The second kappa shape index (κ2) is 8.24. The number of halogens is 1. The van der Waals surface area contributed by atoms with Crippen molar-refractivity contribution in [3.63, 3.8) is 0 Å². The van der Waals surface area contributed by atoms with Crippen molar-refractivity contribution in [1.29, 1.82) is 0 Å².